The number of carbonyl (C=O) groups is 1. The third-order valence-corrected chi connectivity index (χ3v) is 4.68. The highest BCUT2D eigenvalue weighted by molar-refractivity contribution is 5.85. The molecule has 0 bridgehead atoms. The predicted octanol–water partition coefficient (Wildman–Crippen LogP) is 2.88. The summed E-state index contributed by atoms with van der Waals surface area (Å²) in [5, 5.41) is 6.68. The summed E-state index contributed by atoms with van der Waals surface area (Å²) in [6.45, 7) is 7.82. The summed E-state index contributed by atoms with van der Waals surface area (Å²) in [4.78, 5) is 12.2. The Kier molecular flexibility index (Phi) is 6.13. The van der Waals surface area contributed by atoms with E-state index in [1.54, 1.807) is 0 Å². The van der Waals surface area contributed by atoms with Crippen LogP contribution in [-0.4, -0.2) is 24.5 Å². The largest absolute Gasteiger partial charge is 0.353 e. The molecule has 3 nitrogen and oxygen atoms in total. The highest BCUT2D eigenvalue weighted by atomic mass is 35.5. The lowest BCUT2D eigenvalue weighted by Crippen LogP contribution is -2.46. The fourth-order valence-corrected chi connectivity index (χ4v) is 3.23. The minimum absolute atomic E-state index is 0. The Bertz CT molecular complexity index is 297. The zero-order valence-electron chi connectivity index (χ0n) is 12.5. The van der Waals surface area contributed by atoms with Gasteiger partial charge in [0.05, 0.1) is 0 Å². The van der Waals surface area contributed by atoms with Crippen LogP contribution in [0.2, 0.25) is 0 Å². The number of amides is 1. The highest BCUT2D eigenvalue weighted by Gasteiger charge is 2.30. The molecule has 0 radical (unpaired) electrons. The lowest BCUT2D eigenvalue weighted by molar-refractivity contribution is -0.127. The van der Waals surface area contributed by atoms with Crippen LogP contribution >= 0.6 is 12.4 Å². The molecule has 2 rings (SSSR count). The maximum Gasteiger partial charge on any atom is 0.223 e. The zero-order chi connectivity index (χ0) is 13.2. The first-order valence-electron chi connectivity index (χ1n) is 7.50. The van der Waals surface area contributed by atoms with Crippen molar-refractivity contribution >= 4 is 18.3 Å². The molecule has 1 saturated carbocycles. The molecule has 1 aliphatic heterocycles. The summed E-state index contributed by atoms with van der Waals surface area (Å²) in [5.74, 6) is 0.532. The second kappa shape index (κ2) is 6.94. The molecule has 112 valence electrons. The van der Waals surface area contributed by atoms with E-state index in [0.717, 1.165) is 32.2 Å². The number of nitrogens with one attached hydrogen (secondary N) is 2. The number of halogens is 1. The quantitative estimate of drug-likeness (QED) is 0.820. The highest BCUT2D eigenvalue weighted by Crippen LogP contribution is 2.35. The molecule has 2 atom stereocenters. The molecule has 0 aromatic heterocycles. The molecule has 19 heavy (non-hydrogen) atoms. The Morgan fingerprint density at radius 3 is 2.42 bits per heavy atom. The van der Waals surface area contributed by atoms with Crippen molar-refractivity contribution in [3.8, 4) is 0 Å². The normalized spacial score (nSPS) is 31.3. The molecule has 1 aliphatic carbocycles. The molecule has 0 unspecified atom stereocenters. The summed E-state index contributed by atoms with van der Waals surface area (Å²) < 4.78 is 0. The molecular formula is C15H29ClN2O. The van der Waals surface area contributed by atoms with Gasteiger partial charge in [-0.25, -0.2) is 0 Å². The van der Waals surface area contributed by atoms with E-state index in [1.165, 1.54) is 12.8 Å². The molecule has 2 fully saturated rings. The number of carbonyl (C=O) groups excluding carboxylic acids is 1. The Morgan fingerprint density at radius 2 is 1.84 bits per heavy atom. The van der Waals surface area contributed by atoms with E-state index in [0.29, 0.717) is 23.4 Å². The standard InChI is InChI=1S/C15H28N2O.ClH/c1-11-10-12(6-9-16-11)14(18)17-13-4-7-15(2,3)8-5-13;/h11-13,16H,4-10H2,1-3H3,(H,17,18);1H/t11-,12-;/m0./s1. The van der Waals surface area contributed by atoms with E-state index in [9.17, 15) is 4.79 Å². The number of hydrogen-bond acceptors (Lipinski definition) is 2. The smallest absolute Gasteiger partial charge is 0.223 e. The summed E-state index contributed by atoms with van der Waals surface area (Å²) >= 11 is 0. The van der Waals surface area contributed by atoms with Crippen molar-refractivity contribution in [1.82, 2.24) is 10.6 Å². The van der Waals surface area contributed by atoms with Gasteiger partial charge in [0.2, 0.25) is 5.91 Å². The third-order valence-electron chi connectivity index (χ3n) is 4.68. The molecule has 1 heterocycles. The fourth-order valence-electron chi connectivity index (χ4n) is 3.23. The molecule has 4 heteroatoms. The van der Waals surface area contributed by atoms with E-state index in [-0.39, 0.29) is 18.3 Å². The monoisotopic (exact) mass is 288 g/mol. The van der Waals surface area contributed by atoms with Crippen LogP contribution in [0.3, 0.4) is 0 Å². The second-order valence-electron chi connectivity index (χ2n) is 7.02. The number of hydrogen-bond donors (Lipinski definition) is 2. The number of rotatable bonds is 2. The van der Waals surface area contributed by atoms with Gasteiger partial charge in [0.25, 0.3) is 0 Å². The minimum Gasteiger partial charge on any atom is -0.353 e. The SMILES string of the molecule is C[C@H]1C[C@@H](C(=O)NC2CCC(C)(C)CC2)CCN1.Cl. The van der Waals surface area contributed by atoms with E-state index in [1.807, 2.05) is 0 Å². The lowest BCUT2D eigenvalue weighted by atomic mass is 9.75. The Hall–Kier alpha value is -0.280. The van der Waals surface area contributed by atoms with Gasteiger partial charge in [-0.15, -0.1) is 12.4 Å². The van der Waals surface area contributed by atoms with Gasteiger partial charge < -0.3 is 10.6 Å². The Morgan fingerprint density at radius 1 is 1.21 bits per heavy atom. The molecular weight excluding hydrogens is 260 g/mol. The second-order valence-corrected chi connectivity index (χ2v) is 7.02. The van der Waals surface area contributed by atoms with Crippen LogP contribution in [0.4, 0.5) is 0 Å². The van der Waals surface area contributed by atoms with E-state index < -0.39 is 0 Å². The lowest BCUT2D eigenvalue weighted by Gasteiger charge is -2.36. The van der Waals surface area contributed by atoms with Gasteiger partial charge in [-0.05, 0) is 57.4 Å². The molecule has 1 saturated heterocycles. The maximum absolute atomic E-state index is 12.2. The summed E-state index contributed by atoms with van der Waals surface area (Å²) in [6, 6.07) is 0.913. The molecule has 1 amide bonds. The van der Waals surface area contributed by atoms with Crippen molar-refractivity contribution < 1.29 is 4.79 Å². The third kappa shape index (κ3) is 4.96. The van der Waals surface area contributed by atoms with Crippen LogP contribution in [0, 0.1) is 11.3 Å². The average Bonchev–Trinajstić information content (AvgIpc) is 2.32. The first kappa shape index (κ1) is 16.8. The van der Waals surface area contributed by atoms with Gasteiger partial charge >= 0.3 is 0 Å². The van der Waals surface area contributed by atoms with Crippen molar-refractivity contribution in [2.75, 3.05) is 6.54 Å². The van der Waals surface area contributed by atoms with Gasteiger partial charge in [0.1, 0.15) is 0 Å². The van der Waals surface area contributed by atoms with Gasteiger partial charge in [-0.3, -0.25) is 4.79 Å². The van der Waals surface area contributed by atoms with Gasteiger partial charge in [0, 0.05) is 18.0 Å². The topological polar surface area (TPSA) is 41.1 Å². The van der Waals surface area contributed by atoms with Gasteiger partial charge in [0.15, 0.2) is 0 Å². The van der Waals surface area contributed by atoms with E-state index in [4.69, 9.17) is 0 Å². The summed E-state index contributed by atoms with van der Waals surface area (Å²) in [5.41, 5.74) is 0.477. The minimum atomic E-state index is 0. The molecule has 0 spiro atoms. The van der Waals surface area contributed by atoms with Gasteiger partial charge in [-0.1, -0.05) is 13.8 Å². The molecule has 0 aromatic carbocycles. The van der Waals surface area contributed by atoms with Crippen molar-refractivity contribution in [1.29, 1.82) is 0 Å². The van der Waals surface area contributed by atoms with E-state index >= 15 is 0 Å². The first-order chi connectivity index (χ1) is 8.46. The number of piperidine rings is 1. The first-order valence-corrected chi connectivity index (χ1v) is 7.50. The van der Waals surface area contributed by atoms with Crippen molar-refractivity contribution in [2.24, 2.45) is 11.3 Å². The van der Waals surface area contributed by atoms with Crippen LogP contribution in [0.15, 0.2) is 0 Å². The van der Waals surface area contributed by atoms with Crippen molar-refractivity contribution in [3.63, 3.8) is 0 Å². The van der Waals surface area contributed by atoms with Crippen LogP contribution in [0.25, 0.3) is 0 Å². The summed E-state index contributed by atoms with van der Waals surface area (Å²) in [6.07, 6.45) is 6.76. The molecule has 2 N–H and O–H groups in total. The predicted molar refractivity (Wildman–Crippen MR) is 81.6 cm³/mol. The zero-order valence-corrected chi connectivity index (χ0v) is 13.3. The average molecular weight is 289 g/mol. The summed E-state index contributed by atoms with van der Waals surface area (Å²) in [7, 11) is 0. The van der Waals surface area contributed by atoms with Crippen LogP contribution in [0.1, 0.15) is 59.3 Å². The fraction of sp³-hybridized carbons (Fsp3) is 0.933. The van der Waals surface area contributed by atoms with Crippen LogP contribution in [-0.2, 0) is 4.79 Å². The maximum atomic E-state index is 12.2. The van der Waals surface area contributed by atoms with Crippen LogP contribution < -0.4 is 10.6 Å². The van der Waals surface area contributed by atoms with E-state index in [2.05, 4.69) is 31.4 Å². The Labute approximate surface area is 123 Å². The molecule has 0 aromatic rings. The Balaban J connectivity index is 0.00000180. The van der Waals surface area contributed by atoms with Crippen LogP contribution in [0.5, 0.6) is 0 Å². The van der Waals surface area contributed by atoms with Gasteiger partial charge in [-0.2, -0.15) is 0 Å². The molecule has 2 aliphatic rings. The van der Waals surface area contributed by atoms with Crippen molar-refractivity contribution in [2.45, 2.75) is 71.4 Å². The van der Waals surface area contributed by atoms with Crippen molar-refractivity contribution in [3.05, 3.63) is 0 Å².